The van der Waals surface area contributed by atoms with Crippen molar-refractivity contribution in [2.24, 2.45) is 0 Å². The molecule has 0 spiro atoms. The summed E-state index contributed by atoms with van der Waals surface area (Å²) < 4.78 is 29.9. The smallest absolute Gasteiger partial charge is 0.175 e. The maximum Gasteiger partial charge on any atom is 0.175 e. The second-order valence-corrected chi connectivity index (χ2v) is 9.59. The Kier molecular flexibility index (Phi) is 5.78. The molecule has 0 atom stereocenters. The molecule has 1 aliphatic carbocycles. The largest absolute Gasteiger partial charge is 0.374 e. The van der Waals surface area contributed by atoms with Crippen LogP contribution in [0.5, 0.6) is 0 Å². The van der Waals surface area contributed by atoms with E-state index in [9.17, 15) is 8.42 Å². The van der Waals surface area contributed by atoms with Crippen LogP contribution in [0.1, 0.15) is 37.7 Å². The summed E-state index contributed by atoms with van der Waals surface area (Å²) in [4.78, 5) is 8.81. The van der Waals surface area contributed by atoms with Crippen molar-refractivity contribution in [3.63, 3.8) is 0 Å². The third-order valence-electron chi connectivity index (χ3n) is 5.26. The lowest BCUT2D eigenvalue weighted by Gasteiger charge is -2.22. The predicted octanol–water partition coefficient (Wildman–Crippen LogP) is 4.63. The van der Waals surface area contributed by atoms with Gasteiger partial charge in [-0.2, -0.15) is 0 Å². The van der Waals surface area contributed by atoms with E-state index in [0.717, 1.165) is 24.1 Å². The molecule has 0 amide bonds. The number of ether oxygens (including phenoxy) is 1. The van der Waals surface area contributed by atoms with Crippen molar-refractivity contribution in [2.45, 2.75) is 49.7 Å². The summed E-state index contributed by atoms with van der Waals surface area (Å²) in [7, 11) is -3.31. The van der Waals surface area contributed by atoms with Crippen LogP contribution in [0.15, 0.2) is 53.7 Å². The molecule has 1 fully saturated rings. The maximum absolute atomic E-state index is 11.9. The second kappa shape index (κ2) is 8.47. The van der Waals surface area contributed by atoms with Gasteiger partial charge in [-0.15, -0.1) is 0 Å². The van der Waals surface area contributed by atoms with Crippen LogP contribution in [0.25, 0.3) is 10.9 Å². The van der Waals surface area contributed by atoms with E-state index < -0.39 is 9.84 Å². The van der Waals surface area contributed by atoms with E-state index in [2.05, 4.69) is 15.3 Å². The van der Waals surface area contributed by atoms with Crippen LogP contribution >= 0.6 is 0 Å². The van der Waals surface area contributed by atoms with E-state index in [-0.39, 0.29) is 4.90 Å². The Balaban J connectivity index is 1.55. The summed E-state index contributed by atoms with van der Waals surface area (Å²) in [6.07, 6.45) is 9.14. The highest BCUT2D eigenvalue weighted by Gasteiger charge is 2.14. The van der Waals surface area contributed by atoms with E-state index in [1.165, 1.54) is 31.8 Å². The summed E-state index contributed by atoms with van der Waals surface area (Å²) in [5.74, 6) is 0.575. The molecule has 29 heavy (non-hydrogen) atoms. The second-order valence-electron chi connectivity index (χ2n) is 7.57. The van der Waals surface area contributed by atoms with Crippen molar-refractivity contribution in [1.82, 2.24) is 9.97 Å². The lowest BCUT2D eigenvalue weighted by molar-refractivity contribution is 0.0169. The zero-order chi connectivity index (χ0) is 20.3. The van der Waals surface area contributed by atoms with E-state index in [1.807, 2.05) is 24.3 Å². The van der Waals surface area contributed by atoms with Gasteiger partial charge in [-0.25, -0.2) is 18.4 Å². The fourth-order valence-corrected chi connectivity index (χ4v) is 4.33. The summed E-state index contributed by atoms with van der Waals surface area (Å²) >= 11 is 0. The number of nitrogens with one attached hydrogen (secondary N) is 1. The molecule has 152 valence electrons. The summed E-state index contributed by atoms with van der Waals surface area (Å²) in [5, 5.41) is 3.97. The van der Waals surface area contributed by atoms with Crippen molar-refractivity contribution in [3.8, 4) is 0 Å². The van der Waals surface area contributed by atoms with E-state index >= 15 is 0 Å². The number of hydrogen-bond donors (Lipinski definition) is 1. The van der Waals surface area contributed by atoms with Gasteiger partial charge in [0, 0.05) is 17.3 Å². The molecule has 0 unspecified atom stereocenters. The van der Waals surface area contributed by atoms with Gasteiger partial charge in [0.2, 0.25) is 0 Å². The van der Waals surface area contributed by atoms with E-state index in [1.54, 1.807) is 18.2 Å². The zero-order valence-electron chi connectivity index (χ0n) is 16.5. The molecule has 0 saturated heterocycles. The normalized spacial score (nSPS) is 15.5. The van der Waals surface area contributed by atoms with Gasteiger partial charge in [0.25, 0.3) is 0 Å². The van der Waals surface area contributed by atoms with Gasteiger partial charge in [-0.05, 0) is 48.7 Å². The molecular formula is C22H25N3O3S. The van der Waals surface area contributed by atoms with Gasteiger partial charge in [0.15, 0.2) is 9.84 Å². The number of hydrogen-bond acceptors (Lipinski definition) is 6. The Morgan fingerprint density at radius 2 is 1.90 bits per heavy atom. The number of anilines is 2. The maximum atomic E-state index is 11.9. The van der Waals surface area contributed by atoms with Crippen molar-refractivity contribution in [2.75, 3.05) is 11.6 Å². The number of nitrogens with zero attached hydrogens (tertiary/aromatic N) is 2. The van der Waals surface area contributed by atoms with E-state index in [0.29, 0.717) is 29.4 Å². The van der Waals surface area contributed by atoms with Gasteiger partial charge in [0.05, 0.1) is 23.1 Å². The van der Waals surface area contributed by atoms with Gasteiger partial charge in [-0.1, -0.05) is 31.4 Å². The molecule has 1 aliphatic rings. The number of sulfone groups is 1. The summed E-state index contributed by atoms with van der Waals surface area (Å²) in [6, 6.07) is 12.9. The van der Waals surface area contributed by atoms with Crippen LogP contribution in [0.2, 0.25) is 0 Å². The molecule has 1 N–H and O–H groups in total. The van der Waals surface area contributed by atoms with Gasteiger partial charge in [0.1, 0.15) is 12.1 Å². The number of rotatable bonds is 6. The summed E-state index contributed by atoms with van der Waals surface area (Å²) in [5.41, 5.74) is 2.65. The molecule has 6 nitrogen and oxygen atoms in total. The van der Waals surface area contributed by atoms with Crippen molar-refractivity contribution < 1.29 is 13.2 Å². The SMILES string of the molecule is CS(=O)(=O)c1ccc2ncnc(Nc3cccc(COC4CCCCC4)c3)c2c1. The lowest BCUT2D eigenvalue weighted by atomic mass is 9.98. The van der Waals surface area contributed by atoms with Crippen LogP contribution in [0.3, 0.4) is 0 Å². The molecule has 2 aromatic carbocycles. The minimum absolute atomic E-state index is 0.248. The highest BCUT2D eigenvalue weighted by atomic mass is 32.2. The Bertz CT molecular complexity index is 1110. The number of benzene rings is 2. The van der Waals surface area contributed by atoms with Crippen LogP contribution < -0.4 is 5.32 Å². The number of fused-ring (bicyclic) bond motifs is 1. The topological polar surface area (TPSA) is 81.2 Å². The molecule has 0 aliphatic heterocycles. The highest BCUT2D eigenvalue weighted by Crippen LogP contribution is 2.27. The van der Waals surface area contributed by atoms with Gasteiger partial charge < -0.3 is 10.1 Å². The quantitative estimate of drug-likeness (QED) is 0.637. The number of aromatic nitrogens is 2. The molecular weight excluding hydrogens is 386 g/mol. The van der Waals surface area contributed by atoms with Crippen LogP contribution in [0.4, 0.5) is 11.5 Å². The monoisotopic (exact) mass is 411 g/mol. The molecule has 0 bridgehead atoms. The average Bonchev–Trinajstić information content (AvgIpc) is 2.73. The summed E-state index contributed by atoms with van der Waals surface area (Å²) in [6.45, 7) is 0.586. The van der Waals surface area contributed by atoms with Crippen LogP contribution in [0, 0.1) is 0 Å². The first-order valence-electron chi connectivity index (χ1n) is 9.91. The molecule has 7 heteroatoms. The van der Waals surface area contributed by atoms with Crippen LogP contribution in [-0.2, 0) is 21.2 Å². The van der Waals surface area contributed by atoms with Crippen molar-refractivity contribution >= 4 is 32.2 Å². The zero-order valence-corrected chi connectivity index (χ0v) is 17.3. The molecule has 1 heterocycles. The molecule has 4 rings (SSSR count). The molecule has 0 radical (unpaired) electrons. The first-order valence-corrected chi connectivity index (χ1v) is 11.8. The Morgan fingerprint density at radius 1 is 1.07 bits per heavy atom. The average molecular weight is 412 g/mol. The molecule has 1 saturated carbocycles. The minimum Gasteiger partial charge on any atom is -0.374 e. The van der Waals surface area contributed by atoms with Crippen molar-refractivity contribution in [1.29, 1.82) is 0 Å². The lowest BCUT2D eigenvalue weighted by Crippen LogP contribution is -2.16. The Morgan fingerprint density at radius 3 is 2.69 bits per heavy atom. The van der Waals surface area contributed by atoms with E-state index in [4.69, 9.17) is 4.74 Å². The van der Waals surface area contributed by atoms with Crippen molar-refractivity contribution in [3.05, 3.63) is 54.4 Å². The minimum atomic E-state index is -3.31. The predicted molar refractivity (Wildman–Crippen MR) is 114 cm³/mol. The molecule has 1 aromatic heterocycles. The fourth-order valence-electron chi connectivity index (χ4n) is 3.69. The molecule has 3 aromatic rings. The fraction of sp³-hybridized carbons (Fsp3) is 0.364. The highest BCUT2D eigenvalue weighted by molar-refractivity contribution is 7.90. The first kappa shape index (κ1) is 19.8. The van der Waals surface area contributed by atoms with Gasteiger partial charge in [-0.3, -0.25) is 0 Å². The van der Waals surface area contributed by atoms with Crippen LogP contribution in [-0.4, -0.2) is 30.7 Å². The standard InChI is InChI=1S/C22H25N3O3S/c1-29(26,27)19-10-11-21-20(13-19)22(24-15-23-21)25-17-7-5-6-16(12-17)14-28-18-8-3-2-4-9-18/h5-7,10-13,15,18H,2-4,8-9,14H2,1H3,(H,23,24,25). The Labute approximate surface area is 171 Å². The first-order chi connectivity index (χ1) is 14.0. The third-order valence-corrected chi connectivity index (χ3v) is 6.37. The Hall–Kier alpha value is -2.51. The van der Waals surface area contributed by atoms with Gasteiger partial charge >= 0.3 is 0 Å². The third kappa shape index (κ3) is 4.92.